The van der Waals surface area contributed by atoms with Gasteiger partial charge in [-0.2, -0.15) is 0 Å². The highest BCUT2D eigenvalue weighted by atomic mass is 28.3. The zero-order valence-corrected chi connectivity index (χ0v) is 13.7. The van der Waals surface area contributed by atoms with Gasteiger partial charge in [-0.3, -0.25) is 0 Å². The van der Waals surface area contributed by atoms with Crippen LogP contribution in [0.2, 0.25) is 6.55 Å². The molecule has 1 heterocycles. The Morgan fingerprint density at radius 2 is 1.00 bits per heavy atom. The van der Waals surface area contributed by atoms with Crippen LogP contribution in [0.1, 0.15) is 11.1 Å². The summed E-state index contributed by atoms with van der Waals surface area (Å²) in [7, 11) is -1.97. The molecule has 0 aliphatic carbocycles. The summed E-state index contributed by atoms with van der Waals surface area (Å²) in [4.78, 5) is 0. The van der Waals surface area contributed by atoms with Gasteiger partial charge in [0.25, 0.3) is 0 Å². The van der Waals surface area contributed by atoms with Crippen LogP contribution in [0.5, 0.6) is 0 Å². The molecule has 4 rings (SSSR count). The number of hydrogen-bond acceptors (Lipinski definition) is 0. The van der Waals surface area contributed by atoms with Gasteiger partial charge in [0.15, 0.2) is 0 Å². The second-order valence-corrected chi connectivity index (χ2v) is 9.90. The van der Waals surface area contributed by atoms with E-state index in [1.165, 1.54) is 26.7 Å². The average Bonchev–Trinajstić information content (AvgIpc) is 2.73. The van der Waals surface area contributed by atoms with E-state index < -0.39 is 8.07 Å². The van der Waals surface area contributed by atoms with Gasteiger partial charge in [-0.1, -0.05) is 97.6 Å². The molecule has 0 saturated heterocycles. The first-order chi connectivity index (χ1) is 10.8. The van der Waals surface area contributed by atoms with Crippen LogP contribution in [0, 0.1) is 0 Å². The van der Waals surface area contributed by atoms with Gasteiger partial charge in [-0.25, -0.2) is 0 Å². The lowest BCUT2D eigenvalue weighted by atomic mass is 10.1. The van der Waals surface area contributed by atoms with Gasteiger partial charge in [0.2, 0.25) is 0 Å². The van der Waals surface area contributed by atoms with Crippen LogP contribution in [0.3, 0.4) is 0 Å². The first-order valence-corrected chi connectivity index (χ1v) is 10.2. The van der Waals surface area contributed by atoms with Gasteiger partial charge in [0.05, 0.1) is 0 Å². The highest BCUT2D eigenvalue weighted by Gasteiger charge is 2.37. The third kappa shape index (κ3) is 1.90. The number of fused-ring (bicyclic) bond motifs is 2. The minimum atomic E-state index is -1.97. The van der Waals surface area contributed by atoms with Crippen molar-refractivity contribution in [3.05, 3.63) is 90.0 Å². The molecule has 0 bridgehead atoms. The number of benzene rings is 3. The Labute approximate surface area is 132 Å². The average molecular weight is 298 g/mol. The van der Waals surface area contributed by atoms with Crippen LogP contribution in [-0.4, -0.2) is 8.07 Å². The molecule has 22 heavy (non-hydrogen) atoms. The molecule has 0 aromatic heterocycles. The van der Waals surface area contributed by atoms with Crippen LogP contribution in [-0.2, 0) is 0 Å². The van der Waals surface area contributed by atoms with Gasteiger partial charge < -0.3 is 0 Å². The molecule has 0 unspecified atom stereocenters. The minimum Gasteiger partial charge on any atom is -0.0624 e. The first-order valence-electron chi connectivity index (χ1n) is 7.73. The van der Waals surface area contributed by atoms with E-state index in [0.29, 0.717) is 0 Å². The van der Waals surface area contributed by atoms with Crippen LogP contribution in [0.25, 0.3) is 12.2 Å². The molecule has 0 nitrogen and oxygen atoms in total. The summed E-state index contributed by atoms with van der Waals surface area (Å²) in [5.74, 6) is 0. The van der Waals surface area contributed by atoms with E-state index in [4.69, 9.17) is 0 Å². The van der Waals surface area contributed by atoms with E-state index >= 15 is 0 Å². The van der Waals surface area contributed by atoms with E-state index in [0.717, 1.165) is 0 Å². The predicted molar refractivity (Wildman–Crippen MR) is 98.8 cm³/mol. The lowest BCUT2D eigenvalue weighted by molar-refractivity contribution is 1.65. The molecule has 1 heteroatoms. The van der Waals surface area contributed by atoms with Gasteiger partial charge in [-0.15, -0.1) is 0 Å². The number of hydrogen-bond donors (Lipinski definition) is 0. The van der Waals surface area contributed by atoms with Gasteiger partial charge in [0, 0.05) is 0 Å². The quantitative estimate of drug-likeness (QED) is 0.605. The fourth-order valence-electron chi connectivity index (χ4n) is 3.60. The summed E-state index contributed by atoms with van der Waals surface area (Å²) in [6.45, 7) is 2.48. The molecular weight excluding hydrogens is 280 g/mol. The molecule has 0 fully saturated rings. The first kappa shape index (κ1) is 13.3. The lowest BCUT2D eigenvalue weighted by Gasteiger charge is -2.31. The third-order valence-corrected chi connectivity index (χ3v) is 9.35. The molecule has 0 spiro atoms. The van der Waals surface area contributed by atoms with Crippen molar-refractivity contribution in [2.75, 3.05) is 0 Å². The van der Waals surface area contributed by atoms with Crippen molar-refractivity contribution >= 4 is 35.8 Å². The van der Waals surface area contributed by atoms with E-state index in [1.54, 1.807) is 0 Å². The zero-order chi connectivity index (χ0) is 15.0. The van der Waals surface area contributed by atoms with Crippen molar-refractivity contribution in [1.82, 2.24) is 0 Å². The monoisotopic (exact) mass is 298 g/mol. The van der Waals surface area contributed by atoms with Crippen molar-refractivity contribution in [3.63, 3.8) is 0 Å². The van der Waals surface area contributed by atoms with Crippen molar-refractivity contribution in [3.8, 4) is 0 Å². The van der Waals surface area contributed by atoms with E-state index in [1.807, 2.05) is 0 Å². The molecule has 3 aromatic rings. The Kier molecular flexibility index (Phi) is 3.09. The molecule has 0 radical (unpaired) electrons. The van der Waals surface area contributed by atoms with Crippen LogP contribution in [0.15, 0.2) is 78.9 Å². The highest BCUT2D eigenvalue weighted by molar-refractivity contribution is 7.11. The number of rotatable bonds is 1. The maximum atomic E-state index is 2.48. The SMILES string of the molecule is C[Si]1(c2ccccc2)c2ccccc2C=Cc2ccccc21. The van der Waals surface area contributed by atoms with Crippen molar-refractivity contribution in [1.29, 1.82) is 0 Å². The predicted octanol–water partition coefficient (Wildman–Crippen LogP) is 3.27. The largest absolute Gasteiger partial charge is 0.146 e. The molecule has 3 aromatic carbocycles. The maximum Gasteiger partial charge on any atom is 0.146 e. The molecule has 1 aliphatic heterocycles. The van der Waals surface area contributed by atoms with E-state index in [9.17, 15) is 0 Å². The lowest BCUT2D eigenvalue weighted by Crippen LogP contribution is -2.65. The Bertz CT molecular complexity index is 797. The van der Waals surface area contributed by atoms with Crippen LogP contribution >= 0.6 is 0 Å². The van der Waals surface area contributed by atoms with Gasteiger partial charge in [0.1, 0.15) is 8.07 Å². The fraction of sp³-hybridized carbons (Fsp3) is 0.0476. The Hall–Kier alpha value is -2.38. The minimum absolute atomic E-state index is 1.36. The molecule has 106 valence electrons. The summed E-state index contributed by atoms with van der Waals surface area (Å²) in [6.07, 6.45) is 4.55. The maximum absolute atomic E-state index is 2.48. The normalized spacial score (nSPS) is 14.8. The summed E-state index contributed by atoms with van der Waals surface area (Å²) in [5, 5.41) is 4.48. The van der Waals surface area contributed by atoms with Crippen LogP contribution < -0.4 is 15.6 Å². The third-order valence-electron chi connectivity index (χ3n) is 4.79. The van der Waals surface area contributed by atoms with Gasteiger partial charge >= 0.3 is 0 Å². The second-order valence-electron chi connectivity index (χ2n) is 6.00. The highest BCUT2D eigenvalue weighted by Crippen LogP contribution is 2.18. The smallest absolute Gasteiger partial charge is 0.0624 e. The van der Waals surface area contributed by atoms with Crippen LogP contribution in [0.4, 0.5) is 0 Å². The fourth-order valence-corrected chi connectivity index (χ4v) is 7.72. The molecule has 0 saturated carbocycles. The summed E-state index contributed by atoms with van der Waals surface area (Å²) < 4.78 is 0. The zero-order valence-electron chi connectivity index (χ0n) is 12.7. The Balaban J connectivity index is 2.11. The Morgan fingerprint density at radius 1 is 0.545 bits per heavy atom. The Morgan fingerprint density at radius 3 is 1.55 bits per heavy atom. The van der Waals surface area contributed by atoms with Crippen molar-refractivity contribution < 1.29 is 0 Å². The molecule has 0 N–H and O–H groups in total. The standard InChI is InChI=1S/C21H18Si/c1-22(19-11-3-2-4-12-19)20-13-7-5-9-17(20)15-16-18-10-6-8-14-21(18)22/h2-16H,1H3. The van der Waals surface area contributed by atoms with E-state index in [-0.39, 0.29) is 0 Å². The van der Waals surface area contributed by atoms with Gasteiger partial charge in [-0.05, 0) is 26.7 Å². The summed E-state index contributed by atoms with van der Waals surface area (Å²) in [5.41, 5.74) is 2.72. The van der Waals surface area contributed by atoms with E-state index in [2.05, 4.69) is 97.6 Å². The molecule has 0 atom stereocenters. The summed E-state index contributed by atoms with van der Waals surface area (Å²) in [6, 6.07) is 28.8. The molecule has 0 amide bonds. The van der Waals surface area contributed by atoms with Crippen molar-refractivity contribution in [2.45, 2.75) is 6.55 Å². The van der Waals surface area contributed by atoms with Crippen molar-refractivity contribution in [2.24, 2.45) is 0 Å². The second kappa shape index (κ2) is 5.11. The molecule has 1 aliphatic rings. The molecular formula is C21H18Si. The summed E-state index contributed by atoms with van der Waals surface area (Å²) >= 11 is 0. The topological polar surface area (TPSA) is 0 Å².